The summed E-state index contributed by atoms with van der Waals surface area (Å²) >= 11 is 0. The molecule has 1 heterocycles. The van der Waals surface area contributed by atoms with Gasteiger partial charge in [-0.3, -0.25) is 13.9 Å². The molecule has 1 unspecified atom stereocenters. The standard InChI is InChI=1S/C23H23N3O3/c1-4-21(29-18-11-9-15-7-5-6-8-16(15)13-18)22(27)24-17-10-12-19-20(14-17)26(3)23(28)25(19)2/h5-14,21H,4H2,1-3H3,(H,24,27). The third-order valence-corrected chi connectivity index (χ3v) is 5.20. The number of hydrogen-bond donors (Lipinski definition) is 1. The minimum absolute atomic E-state index is 0.102. The first-order valence-electron chi connectivity index (χ1n) is 9.59. The highest BCUT2D eigenvalue weighted by Crippen LogP contribution is 2.23. The van der Waals surface area contributed by atoms with Gasteiger partial charge in [0.15, 0.2) is 6.10 Å². The predicted octanol–water partition coefficient (Wildman–Crippen LogP) is 3.83. The lowest BCUT2D eigenvalue weighted by molar-refractivity contribution is -0.122. The number of imidazole rings is 1. The molecule has 0 saturated carbocycles. The van der Waals surface area contributed by atoms with E-state index in [1.54, 1.807) is 35.4 Å². The third kappa shape index (κ3) is 3.49. The van der Waals surface area contributed by atoms with Gasteiger partial charge in [0, 0.05) is 19.8 Å². The summed E-state index contributed by atoms with van der Waals surface area (Å²) in [6.45, 7) is 1.91. The topological polar surface area (TPSA) is 65.3 Å². The molecule has 1 N–H and O–H groups in total. The maximum Gasteiger partial charge on any atom is 0.328 e. The second-order valence-electron chi connectivity index (χ2n) is 7.12. The number of fused-ring (bicyclic) bond motifs is 2. The van der Waals surface area contributed by atoms with Crippen molar-refractivity contribution < 1.29 is 9.53 Å². The zero-order valence-electron chi connectivity index (χ0n) is 16.7. The van der Waals surface area contributed by atoms with Crippen LogP contribution in [0.3, 0.4) is 0 Å². The van der Waals surface area contributed by atoms with Gasteiger partial charge in [-0.1, -0.05) is 37.3 Å². The lowest BCUT2D eigenvalue weighted by atomic mass is 10.1. The Hall–Kier alpha value is -3.54. The van der Waals surface area contributed by atoms with Gasteiger partial charge in [0.25, 0.3) is 5.91 Å². The highest BCUT2D eigenvalue weighted by molar-refractivity contribution is 5.96. The third-order valence-electron chi connectivity index (χ3n) is 5.20. The first kappa shape index (κ1) is 18.8. The number of rotatable bonds is 5. The van der Waals surface area contributed by atoms with Crippen molar-refractivity contribution in [1.82, 2.24) is 9.13 Å². The normalized spacial score (nSPS) is 12.2. The Labute approximate surface area is 168 Å². The molecule has 1 atom stereocenters. The average molecular weight is 389 g/mol. The Kier molecular flexibility index (Phi) is 4.84. The van der Waals surface area contributed by atoms with Gasteiger partial charge in [-0.05, 0) is 47.5 Å². The van der Waals surface area contributed by atoms with Gasteiger partial charge in [0.1, 0.15) is 5.75 Å². The molecule has 0 saturated heterocycles. The fourth-order valence-corrected chi connectivity index (χ4v) is 3.53. The Morgan fingerprint density at radius 1 is 0.966 bits per heavy atom. The van der Waals surface area contributed by atoms with E-state index in [-0.39, 0.29) is 11.6 Å². The molecule has 6 nitrogen and oxygen atoms in total. The molecule has 148 valence electrons. The van der Waals surface area contributed by atoms with Crippen LogP contribution in [0, 0.1) is 0 Å². The molecular formula is C23H23N3O3. The summed E-state index contributed by atoms with van der Waals surface area (Å²) in [5.41, 5.74) is 2.10. The van der Waals surface area contributed by atoms with Crippen molar-refractivity contribution in [2.24, 2.45) is 14.1 Å². The van der Waals surface area contributed by atoms with E-state index in [1.807, 2.05) is 55.5 Å². The van der Waals surface area contributed by atoms with Crippen LogP contribution in [-0.2, 0) is 18.9 Å². The molecule has 0 aliphatic rings. The number of nitrogens with one attached hydrogen (secondary N) is 1. The van der Waals surface area contributed by atoms with Crippen molar-refractivity contribution in [2.45, 2.75) is 19.4 Å². The Bertz CT molecular complexity index is 1270. The molecule has 0 bridgehead atoms. The fourth-order valence-electron chi connectivity index (χ4n) is 3.53. The lowest BCUT2D eigenvalue weighted by Gasteiger charge is -2.18. The van der Waals surface area contributed by atoms with Crippen LogP contribution in [0.25, 0.3) is 21.8 Å². The molecule has 0 fully saturated rings. The van der Waals surface area contributed by atoms with Crippen LogP contribution in [0.4, 0.5) is 5.69 Å². The van der Waals surface area contributed by atoms with Crippen LogP contribution < -0.4 is 15.7 Å². The molecule has 0 spiro atoms. The van der Waals surface area contributed by atoms with Crippen LogP contribution in [0.2, 0.25) is 0 Å². The van der Waals surface area contributed by atoms with Crippen LogP contribution in [0.15, 0.2) is 65.5 Å². The number of anilines is 1. The molecule has 3 aromatic carbocycles. The minimum atomic E-state index is -0.619. The van der Waals surface area contributed by atoms with E-state index in [0.29, 0.717) is 17.9 Å². The number of aromatic nitrogens is 2. The van der Waals surface area contributed by atoms with Crippen molar-refractivity contribution in [3.8, 4) is 5.75 Å². The zero-order valence-corrected chi connectivity index (χ0v) is 16.7. The molecular weight excluding hydrogens is 366 g/mol. The van der Waals surface area contributed by atoms with E-state index in [0.717, 1.165) is 21.8 Å². The van der Waals surface area contributed by atoms with Gasteiger partial charge in [0.2, 0.25) is 0 Å². The molecule has 4 rings (SSSR count). The summed E-state index contributed by atoms with van der Waals surface area (Å²) < 4.78 is 9.11. The Morgan fingerprint density at radius 2 is 1.69 bits per heavy atom. The number of nitrogens with zero attached hydrogens (tertiary/aromatic N) is 2. The van der Waals surface area contributed by atoms with Gasteiger partial charge in [-0.25, -0.2) is 4.79 Å². The largest absolute Gasteiger partial charge is 0.481 e. The number of hydrogen-bond acceptors (Lipinski definition) is 3. The van der Waals surface area contributed by atoms with Crippen LogP contribution in [0.5, 0.6) is 5.75 Å². The van der Waals surface area contributed by atoms with Crippen molar-refractivity contribution in [2.75, 3.05) is 5.32 Å². The molecule has 29 heavy (non-hydrogen) atoms. The summed E-state index contributed by atoms with van der Waals surface area (Å²) in [5, 5.41) is 5.10. The van der Waals surface area contributed by atoms with Crippen molar-refractivity contribution in [3.05, 3.63) is 71.1 Å². The Balaban J connectivity index is 1.54. The average Bonchev–Trinajstić information content (AvgIpc) is 2.95. The molecule has 0 aliphatic heterocycles. The summed E-state index contributed by atoms with van der Waals surface area (Å²) in [7, 11) is 3.45. The van der Waals surface area contributed by atoms with E-state index >= 15 is 0 Å². The first-order chi connectivity index (χ1) is 14.0. The second-order valence-corrected chi connectivity index (χ2v) is 7.12. The Morgan fingerprint density at radius 3 is 2.45 bits per heavy atom. The van der Waals surface area contributed by atoms with Gasteiger partial charge in [-0.2, -0.15) is 0 Å². The number of ether oxygens (including phenoxy) is 1. The van der Waals surface area contributed by atoms with Crippen molar-refractivity contribution in [1.29, 1.82) is 0 Å². The minimum Gasteiger partial charge on any atom is -0.481 e. The number of carbonyl (C=O) groups is 1. The van der Waals surface area contributed by atoms with E-state index in [1.165, 1.54) is 0 Å². The van der Waals surface area contributed by atoms with Crippen molar-refractivity contribution >= 4 is 33.4 Å². The van der Waals surface area contributed by atoms with E-state index in [2.05, 4.69) is 5.32 Å². The van der Waals surface area contributed by atoms with Gasteiger partial charge in [0.05, 0.1) is 11.0 Å². The number of amides is 1. The SMILES string of the molecule is CCC(Oc1ccc2ccccc2c1)C(=O)Nc1ccc2c(c1)n(C)c(=O)n2C. The number of carbonyl (C=O) groups excluding carboxylic acids is 1. The monoisotopic (exact) mass is 389 g/mol. The van der Waals surface area contributed by atoms with Crippen molar-refractivity contribution in [3.63, 3.8) is 0 Å². The highest BCUT2D eigenvalue weighted by atomic mass is 16.5. The summed E-state index contributed by atoms with van der Waals surface area (Å²) in [4.78, 5) is 24.9. The second kappa shape index (κ2) is 7.47. The molecule has 1 aromatic heterocycles. The number of aryl methyl sites for hydroxylation is 2. The molecule has 0 radical (unpaired) electrons. The summed E-state index contributed by atoms with van der Waals surface area (Å²) in [6, 6.07) is 19.3. The van der Waals surface area contributed by atoms with Crippen LogP contribution >= 0.6 is 0 Å². The van der Waals surface area contributed by atoms with Gasteiger partial charge >= 0.3 is 5.69 Å². The zero-order chi connectivity index (χ0) is 20.5. The van der Waals surface area contributed by atoms with Gasteiger partial charge < -0.3 is 10.1 Å². The number of benzene rings is 3. The fraction of sp³-hybridized carbons (Fsp3) is 0.217. The summed E-state index contributed by atoms with van der Waals surface area (Å²) in [6.07, 6.45) is -0.0866. The molecule has 1 amide bonds. The summed E-state index contributed by atoms with van der Waals surface area (Å²) in [5.74, 6) is 0.438. The maximum absolute atomic E-state index is 12.8. The first-order valence-corrected chi connectivity index (χ1v) is 9.59. The molecule has 0 aliphatic carbocycles. The molecule has 6 heteroatoms. The van der Waals surface area contributed by atoms with Gasteiger partial charge in [-0.15, -0.1) is 0 Å². The lowest BCUT2D eigenvalue weighted by Crippen LogP contribution is -2.32. The van der Waals surface area contributed by atoms with E-state index in [9.17, 15) is 9.59 Å². The maximum atomic E-state index is 12.8. The highest BCUT2D eigenvalue weighted by Gasteiger charge is 2.19. The van der Waals surface area contributed by atoms with E-state index < -0.39 is 6.10 Å². The quantitative estimate of drug-likeness (QED) is 0.564. The predicted molar refractivity (Wildman–Crippen MR) is 115 cm³/mol. The molecule has 4 aromatic rings. The van der Waals surface area contributed by atoms with Crippen LogP contribution in [-0.4, -0.2) is 21.1 Å². The van der Waals surface area contributed by atoms with Crippen LogP contribution in [0.1, 0.15) is 13.3 Å². The smallest absolute Gasteiger partial charge is 0.328 e. The van der Waals surface area contributed by atoms with E-state index in [4.69, 9.17) is 4.74 Å².